The van der Waals surface area contributed by atoms with E-state index in [9.17, 15) is 9.59 Å². The van der Waals surface area contributed by atoms with Crippen LogP contribution < -0.4 is 4.74 Å². The normalized spacial score (nSPS) is 19.0. The van der Waals surface area contributed by atoms with Crippen molar-refractivity contribution in [3.05, 3.63) is 29.8 Å². The molecule has 1 aliphatic rings. The molecule has 0 bridgehead atoms. The van der Waals surface area contributed by atoms with Crippen LogP contribution in [0.4, 0.5) is 0 Å². The fourth-order valence-corrected chi connectivity index (χ4v) is 2.44. The first-order valence-electron chi connectivity index (χ1n) is 7.03. The van der Waals surface area contributed by atoms with Crippen molar-refractivity contribution < 1.29 is 14.3 Å². The number of hydrogen-bond donors (Lipinski definition) is 0. The number of rotatable bonds is 4. The Balaban J connectivity index is 1.84. The molecule has 0 aromatic heterocycles. The van der Waals surface area contributed by atoms with Crippen molar-refractivity contribution in [1.82, 2.24) is 4.90 Å². The van der Waals surface area contributed by atoms with Gasteiger partial charge in [0.2, 0.25) is 5.91 Å². The predicted molar refractivity (Wildman–Crippen MR) is 76.7 cm³/mol. The second-order valence-corrected chi connectivity index (χ2v) is 5.31. The summed E-state index contributed by atoms with van der Waals surface area (Å²) in [5.41, 5.74) is 1.13. The molecular weight excluding hydrogens is 254 g/mol. The Morgan fingerprint density at radius 1 is 1.35 bits per heavy atom. The quantitative estimate of drug-likeness (QED) is 0.845. The highest BCUT2D eigenvalue weighted by Crippen LogP contribution is 2.16. The van der Waals surface area contributed by atoms with E-state index in [0.717, 1.165) is 17.7 Å². The average Bonchev–Trinajstić information content (AvgIpc) is 2.48. The summed E-state index contributed by atoms with van der Waals surface area (Å²) >= 11 is 0. The predicted octanol–water partition coefficient (Wildman–Crippen LogP) is 2.07. The van der Waals surface area contributed by atoms with Crippen molar-refractivity contribution in [3.63, 3.8) is 0 Å². The Bertz CT molecular complexity index is 481. The Labute approximate surface area is 119 Å². The van der Waals surface area contributed by atoms with Gasteiger partial charge in [0.05, 0.1) is 7.11 Å². The minimum atomic E-state index is -0.0197. The van der Waals surface area contributed by atoms with Crippen molar-refractivity contribution in [2.45, 2.75) is 26.2 Å². The summed E-state index contributed by atoms with van der Waals surface area (Å²) in [7, 11) is 1.64. The summed E-state index contributed by atoms with van der Waals surface area (Å²) < 4.78 is 5.10. The zero-order valence-corrected chi connectivity index (χ0v) is 12.1. The van der Waals surface area contributed by atoms with Gasteiger partial charge in [-0.15, -0.1) is 0 Å². The highest BCUT2D eigenvalue weighted by molar-refractivity contribution is 5.85. The number of methoxy groups -OCH3 is 1. The molecule has 0 spiro atoms. The van der Waals surface area contributed by atoms with E-state index in [1.807, 2.05) is 36.1 Å². The maximum Gasteiger partial charge on any atom is 0.222 e. The van der Waals surface area contributed by atoms with E-state index in [2.05, 4.69) is 0 Å². The van der Waals surface area contributed by atoms with Gasteiger partial charge in [0, 0.05) is 31.8 Å². The van der Waals surface area contributed by atoms with Crippen molar-refractivity contribution >= 4 is 11.7 Å². The van der Waals surface area contributed by atoms with Gasteiger partial charge in [-0.3, -0.25) is 9.59 Å². The zero-order chi connectivity index (χ0) is 14.5. The minimum absolute atomic E-state index is 0.0197. The highest BCUT2D eigenvalue weighted by Gasteiger charge is 2.26. The monoisotopic (exact) mass is 275 g/mol. The number of piperidine rings is 1. The molecule has 0 radical (unpaired) electrons. The third-order valence-corrected chi connectivity index (χ3v) is 3.81. The molecule has 0 N–H and O–H groups in total. The molecule has 1 amide bonds. The number of ketones is 1. The molecule has 20 heavy (non-hydrogen) atoms. The summed E-state index contributed by atoms with van der Waals surface area (Å²) in [5.74, 6) is 1.21. The van der Waals surface area contributed by atoms with Gasteiger partial charge < -0.3 is 9.64 Å². The molecule has 1 aliphatic heterocycles. The number of Topliss-reactive ketones (excluding diaryl/α,β-unsaturated/α-hetero) is 1. The molecule has 4 heteroatoms. The molecule has 0 aliphatic carbocycles. The number of benzene rings is 1. The lowest BCUT2D eigenvalue weighted by molar-refractivity contribution is -0.136. The van der Waals surface area contributed by atoms with Gasteiger partial charge in [-0.25, -0.2) is 0 Å². The van der Waals surface area contributed by atoms with Gasteiger partial charge >= 0.3 is 0 Å². The van der Waals surface area contributed by atoms with E-state index in [4.69, 9.17) is 4.74 Å². The van der Waals surface area contributed by atoms with Gasteiger partial charge in [-0.05, 0) is 24.1 Å². The number of nitrogens with zero attached hydrogens (tertiary/aromatic N) is 1. The molecule has 4 nitrogen and oxygen atoms in total. The number of likely N-dealkylation sites (tertiary alicyclic amines) is 1. The van der Waals surface area contributed by atoms with Crippen LogP contribution in [0.15, 0.2) is 24.3 Å². The van der Waals surface area contributed by atoms with Crippen LogP contribution >= 0.6 is 0 Å². The second-order valence-electron chi connectivity index (χ2n) is 5.31. The Morgan fingerprint density at radius 2 is 2.05 bits per heavy atom. The largest absolute Gasteiger partial charge is 0.497 e. The van der Waals surface area contributed by atoms with Gasteiger partial charge in [0.25, 0.3) is 0 Å². The Hall–Kier alpha value is -1.84. The molecule has 1 aromatic carbocycles. The maximum absolute atomic E-state index is 12.1. The van der Waals surface area contributed by atoms with E-state index >= 15 is 0 Å². The third-order valence-electron chi connectivity index (χ3n) is 3.81. The summed E-state index contributed by atoms with van der Waals surface area (Å²) in [5, 5.41) is 0. The zero-order valence-electron chi connectivity index (χ0n) is 12.1. The number of carbonyl (C=O) groups excluding carboxylic acids is 2. The molecule has 1 fully saturated rings. The van der Waals surface area contributed by atoms with E-state index in [1.165, 1.54) is 0 Å². The summed E-state index contributed by atoms with van der Waals surface area (Å²) in [6.45, 7) is 3.04. The molecule has 1 heterocycles. The van der Waals surface area contributed by atoms with Crippen LogP contribution in [-0.4, -0.2) is 36.8 Å². The van der Waals surface area contributed by atoms with Crippen LogP contribution in [0.3, 0.4) is 0 Å². The third kappa shape index (κ3) is 3.59. The number of aryl methyl sites for hydroxylation is 1. The molecule has 2 rings (SSSR count). The van der Waals surface area contributed by atoms with E-state index in [1.54, 1.807) is 7.11 Å². The lowest BCUT2D eigenvalue weighted by atomic mass is 9.98. The number of ether oxygens (including phenoxy) is 1. The number of hydrogen-bond acceptors (Lipinski definition) is 3. The molecular formula is C16H21NO3. The second kappa shape index (κ2) is 6.55. The maximum atomic E-state index is 12.1. The lowest BCUT2D eigenvalue weighted by Crippen LogP contribution is -2.43. The summed E-state index contributed by atoms with van der Waals surface area (Å²) in [6, 6.07) is 7.77. The van der Waals surface area contributed by atoms with Crippen LogP contribution in [0.5, 0.6) is 5.75 Å². The summed E-state index contributed by atoms with van der Waals surface area (Å²) in [6.07, 6.45) is 1.71. The van der Waals surface area contributed by atoms with Gasteiger partial charge in [-0.2, -0.15) is 0 Å². The van der Waals surface area contributed by atoms with Crippen molar-refractivity contribution in [1.29, 1.82) is 0 Å². The fourth-order valence-electron chi connectivity index (χ4n) is 2.44. The molecule has 1 atom stereocenters. The van der Waals surface area contributed by atoms with Crippen molar-refractivity contribution in [3.8, 4) is 5.75 Å². The van der Waals surface area contributed by atoms with E-state index in [0.29, 0.717) is 25.9 Å². The first-order chi connectivity index (χ1) is 9.60. The molecule has 108 valence electrons. The van der Waals surface area contributed by atoms with Crippen LogP contribution in [0.2, 0.25) is 0 Å². The smallest absolute Gasteiger partial charge is 0.222 e. The van der Waals surface area contributed by atoms with Crippen LogP contribution in [0.25, 0.3) is 0 Å². The highest BCUT2D eigenvalue weighted by atomic mass is 16.5. The van der Waals surface area contributed by atoms with Gasteiger partial charge in [0.15, 0.2) is 0 Å². The van der Waals surface area contributed by atoms with E-state index in [-0.39, 0.29) is 17.6 Å². The van der Waals surface area contributed by atoms with Gasteiger partial charge in [-0.1, -0.05) is 19.1 Å². The number of amides is 1. The standard InChI is InChI=1S/C16H21NO3/c1-12-11-17(10-9-15(12)18)16(19)8-5-13-3-6-14(20-2)7-4-13/h3-4,6-7,12H,5,8-11H2,1-2H3. The minimum Gasteiger partial charge on any atom is -0.497 e. The van der Waals surface area contributed by atoms with Crippen LogP contribution in [0, 0.1) is 5.92 Å². The first kappa shape index (κ1) is 14.6. The van der Waals surface area contributed by atoms with E-state index < -0.39 is 0 Å². The van der Waals surface area contributed by atoms with Crippen molar-refractivity contribution in [2.75, 3.05) is 20.2 Å². The van der Waals surface area contributed by atoms with Crippen LogP contribution in [-0.2, 0) is 16.0 Å². The van der Waals surface area contributed by atoms with Crippen LogP contribution in [0.1, 0.15) is 25.3 Å². The molecule has 1 saturated heterocycles. The average molecular weight is 275 g/mol. The molecule has 0 saturated carbocycles. The number of carbonyl (C=O) groups is 2. The van der Waals surface area contributed by atoms with Crippen molar-refractivity contribution in [2.24, 2.45) is 5.92 Å². The Kier molecular flexibility index (Phi) is 4.77. The fraction of sp³-hybridized carbons (Fsp3) is 0.500. The molecule has 1 aromatic rings. The summed E-state index contributed by atoms with van der Waals surface area (Å²) in [4.78, 5) is 25.4. The topological polar surface area (TPSA) is 46.6 Å². The van der Waals surface area contributed by atoms with Gasteiger partial charge in [0.1, 0.15) is 11.5 Å². The molecule has 1 unspecified atom stereocenters. The first-order valence-corrected chi connectivity index (χ1v) is 7.03. The Morgan fingerprint density at radius 3 is 2.65 bits per heavy atom. The lowest BCUT2D eigenvalue weighted by Gasteiger charge is -2.30. The SMILES string of the molecule is COc1ccc(CCC(=O)N2CCC(=O)C(C)C2)cc1.